The Balaban J connectivity index is 2.10. The first-order valence-electron chi connectivity index (χ1n) is 8.37. The minimum atomic E-state index is -3.71. The van der Waals surface area contributed by atoms with Crippen molar-refractivity contribution in [2.75, 3.05) is 13.2 Å². The molecule has 0 unspecified atom stereocenters. The van der Waals surface area contributed by atoms with Crippen LogP contribution in [0.3, 0.4) is 0 Å². The van der Waals surface area contributed by atoms with Crippen LogP contribution in [-0.2, 0) is 14.6 Å². The van der Waals surface area contributed by atoms with Crippen molar-refractivity contribution in [3.05, 3.63) is 64.1 Å². The van der Waals surface area contributed by atoms with Crippen LogP contribution in [0.4, 0.5) is 0 Å². The summed E-state index contributed by atoms with van der Waals surface area (Å²) in [6.07, 6.45) is 0. The van der Waals surface area contributed by atoms with Gasteiger partial charge in [0.05, 0.1) is 27.2 Å². The fourth-order valence-electron chi connectivity index (χ4n) is 3.58. The minimum Gasteiger partial charge on any atom is -0.393 e. The summed E-state index contributed by atoms with van der Waals surface area (Å²) < 4.78 is 32.4. The first kappa shape index (κ1) is 20.6. The molecule has 0 spiro atoms. The maximum absolute atomic E-state index is 13.4. The van der Waals surface area contributed by atoms with E-state index in [-0.39, 0.29) is 16.5 Å². The van der Waals surface area contributed by atoms with Crippen molar-refractivity contribution in [3.8, 4) is 0 Å². The van der Waals surface area contributed by atoms with Gasteiger partial charge in [-0.05, 0) is 48.9 Å². The van der Waals surface area contributed by atoms with Crippen LogP contribution < -0.4 is 5.73 Å². The van der Waals surface area contributed by atoms with Gasteiger partial charge in [-0.2, -0.15) is 0 Å². The van der Waals surface area contributed by atoms with Crippen molar-refractivity contribution in [3.63, 3.8) is 0 Å². The fourth-order valence-corrected chi connectivity index (χ4v) is 6.60. The highest BCUT2D eigenvalue weighted by Crippen LogP contribution is 2.64. The van der Waals surface area contributed by atoms with Gasteiger partial charge in [-0.3, -0.25) is 0 Å². The Morgan fingerprint density at radius 1 is 1.11 bits per heavy atom. The van der Waals surface area contributed by atoms with E-state index in [4.69, 9.17) is 45.9 Å². The van der Waals surface area contributed by atoms with Gasteiger partial charge in [0.15, 0.2) is 9.84 Å². The zero-order valence-electron chi connectivity index (χ0n) is 14.6. The first-order valence-corrected chi connectivity index (χ1v) is 11.1. The van der Waals surface area contributed by atoms with Gasteiger partial charge in [-0.15, -0.1) is 0 Å². The Hall–Kier alpha value is -1.18. The highest BCUT2D eigenvalue weighted by Gasteiger charge is 2.73. The molecule has 0 saturated heterocycles. The van der Waals surface area contributed by atoms with Gasteiger partial charge >= 0.3 is 0 Å². The Morgan fingerprint density at radius 2 is 1.63 bits per heavy atom. The molecule has 0 aromatic heterocycles. The SMILES string of the molecule is CCOC[C@]1(C(N)=S)[C@H](c2ccc(Cl)cc2)[C@@H]1S(=O)(=O)c1ccc(Cl)cc1. The van der Waals surface area contributed by atoms with Crippen molar-refractivity contribution in [1.82, 2.24) is 0 Å². The predicted molar refractivity (Wildman–Crippen MR) is 112 cm³/mol. The molecule has 1 aliphatic carbocycles. The molecule has 3 atom stereocenters. The number of rotatable bonds is 7. The van der Waals surface area contributed by atoms with Crippen LogP contribution in [0.1, 0.15) is 18.4 Å². The second kappa shape index (κ2) is 7.68. The Morgan fingerprint density at radius 3 is 2.11 bits per heavy atom. The van der Waals surface area contributed by atoms with Gasteiger partial charge in [0, 0.05) is 22.6 Å². The zero-order valence-corrected chi connectivity index (χ0v) is 17.7. The van der Waals surface area contributed by atoms with Crippen LogP contribution in [0.25, 0.3) is 0 Å². The highest BCUT2D eigenvalue weighted by atomic mass is 35.5. The number of sulfone groups is 1. The first-order chi connectivity index (χ1) is 12.7. The van der Waals surface area contributed by atoms with E-state index in [1.165, 1.54) is 12.1 Å². The molecule has 2 aromatic rings. The van der Waals surface area contributed by atoms with Crippen LogP contribution in [0.5, 0.6) is 0 Å². The van der Waals surface area contributed by atoms with Gasteiger partial charge in [0.25, 0.3) is 0 Å². The molecule has 144 valence electrons. The molecule has 3 rings (SSSR count). The van der Waals surface area contributed by atoms with Crippen LogP contribution in [-0.4, -0.2) is 31.9 Å². The number of halogens is 2. The molecule has 1 fully saturated rings. The second-order valence-electron chi connectivity index (χ2n) is 6.49. The molecule has 27 heavy (non-hydrogen) atoms. The molecule has 4 nitrogen and oxygen atoms in total. The molecule has 0 heterocycles. The third-order valence-electron chi connectivity index (χ3n) is 4.97. The number of hydrogen-bond acceptors (Lipinski definition) is 4. The van der Waals surface area contributed by atoms with Crippen molar-refractivity contribution in [1.29, 1.82) is 0 Å². The summed E-state index contributed by atoms with van der Waals surface area (Å²) in [4.78, 5) is 0.323. The van der Waals surface area contributed by atoms with Crippen molar-refractivity contribution < 1.29 is 13.2 Å². The lowest BCUT2D eigenvalue weighted by Crippen LogP contribution is -2.33. The Bertz CT molecular complexity index is 946. The molecule has 0 radical (unpaired) electrons. The smallest absolute Gasteiger partial charge is 0.182 e. The summed E-state index contributed by atoms with van der Waals surface area (Å²) in [6, 6.07) is 13.2. The van der Waals surface area contributed by atoms with Crippen LogP contribution >= 0.6 is 35.4 Å². The summed E-state index contributed by atoms with van der Waals surface area (Å²) in [6.45, 7) is 2.42. The third-order valence-corrected chi connectivity index (χ3v) is 8.14. The van der Waals surface area contributed by atoms with E-state index in [0.717, 1.165) is 5.56 Å². The average Bonchev–Trinajstić information content (AvgIpc) is 3.32. The molecule has 0 bridgehead atoms. The Kier molecular flexibility index (Phi) is 5.85. The quantitative estimate of drug-likeness (QED) is 0.647. The van der Waals surface area contributed by atoms with Gasteiger partial charge in [-0.1, -0.05) is 47.6 Å². The van der Waals surface area contributed by atoms with Crippen molar-refractivity contribution in [2.45, 2.75) is 23.0 Å². The Labute approximate surface area is 174 Å². The lowest BCUT2D eigenvalue weighted by Gasteiger charge is -2.17. The number of hydrogen-bond donors (Lipinski definition) is 1. The lowest BCUT2D eigenvalue weighted by molar-refractivity contribution is 0.121. The zero-order chi connectivity index (χ0) is 19.8. The monoisotopic (exact) mass is 443 g/mol. The maximum Gasteiger partial charge on any atom is 0.182 e. The van der Waals surface area contributed by atoms with Crippen LogP contribution in [0.15, 0.2) is 53.4 Å². The molecule has 2 N–H and O–H groups in total. The summed E-state index contributed by atoms with van der Waals surface area (Å²) in [7, 11) is -3.71. The van der Waals surface area contributed by atoms with E-state index in [1.807, 2.05) is 19.1 Å². The fraction of sp³-hybridized carbons (Fsp3) is 0.316. The molecule has 8 heteroatoms. The van der Waals surface area contributed by atoms with Gasteiger partial charge in [0.2, 0.25) is 0 Å². The van der Waals surface area contributed by atoms with E-state index in [0.29, 0.717) is 16.7 Å². The van der Waals surface area contributed by atoms with Crippen molar-refractivity contribution in [2.24, 2.45) is 11.1 Å². The molecule has 2 aromatic carbocycles. The van der Waals surface area contributed by atoms with Gasteiger partial charge in [-0.25, -0.2) is 8.42 Å². The normalized spacial score (nSPS) is 24.6. The topological polar surface area (TPSA) is 69.4 Å². The van der Waals surface area contributed by atoms with E-state index < -0.39 is 26.4 Å². The standard InChI is InChI=1S/C19H19Cl2NO3S2/c1-2-25-11-19(18(22)26)16(12-3-5-13(20)6-4-12)17(19)27(23,24)15-9-7-14(21)8-10-15/h3-10,16-17H,2,11H2,1H3,(H2,22,26)/t16-,17+,19+/m1/s1. The van der Waals surface area contributed by atoms with Gasteiger partial charge < -0.3 is 10.5 Å². The summed E-state index contributed by atoms with van der Waals surface area (Å²) in [5, 5.41) is 0.229. The lowest BCUT2D eigenvalue weighted by atomic mass is 10.00. The summed E-state index contributed by atoms with van der Waals surface area (Å²) in [5.41, 5.74) is 5.91. The van der Waals surface area contributed by atoms with Crippen LogP contribution in [0.2, 0.25) is 10.0 Å². The number of thiocarbonyl (C=S) groups is 1. The number of benzene rings is 2. The molecule has 1 aliphatic rings. The number of ether oxygens (including phenoxy) is 1. The largest absolute Gasteiger partial charge is 0.393 e. The van der Waals surface area contributed by atoms with Crippen LogP contribution in [0, 0.1) is 5.41 Å². The number of nitrogens with two attached hydrogens (primary N) is 1. The van der Waals surface area contributed by atoms with E-state index in [1.54, 1.807) is 24.3 Å². The predicted octanol–water partition coefficient (Wildman–Crippen LogP) is 4.24. The van der Waals surface area contributed by atoms with E-state index >= 15 is 0 Å². The minimum absolute atomic E-state index is 0.137. The van der Waals surface area contributed by atoms with Gasteiger partial charge in [0.1, 0.15) is 0 Å². The van der Waals surface area contributed by atoms with Crippen molar-refractivity contribution >= 4 is 50.2 Å². The molecular formula is C19H19Cl2NO3S2. The molecule has 0 amide bonds. The molecule has 0 aliphatic heterocycles. The third kappa shape index (κ3) is 3.61. The summed E-state index contributed by atoms with van der Waals surface area (Å²) in [5.74, 6) is -0.403. The average molecular weight is 444 g/mol. The molecular weight excluding hydrogens is 425 g/mol. The van der Waals surface area contributed by atoms with E-state index in [2.05, 4.69) is 0 Å². The second-order valence-corrected chi connectivity index (χ2v) is 9.87. The summed E-state index contributed by atoms with van der Waals surface area (Å²) >= 11 is 17.2. The van der Waals surface area contributed by atoms with E-state index in [9.17, 15) is 8.42 Å². The molecule has 1 saturated carbocycles. The highest BCUT2D eigenvalue weighted by molar-refractivity contribution is 7.92. The maximum atomic E-state index is 13.4.